The number of rotatable bonds is 5. The first-order valence-corrected chi connectivity index (χ1v) is 11.1. The van der Waals surface area contributed by atoms with Gasteiger partial charge in [0.25, 0.3) is 0 Å². The third-order valence-corrected chi connectivity index (χ3v) is 7.68. The van der Waals surface area contributed by atoms with Gasteiger partial charge >= 0.3 is 0 Å². The Kier molecular flexibility index (Phi) is 5.00. The van der Waals surface area contributed by atoms with Crippen molar-refractivity contribution in [2.24, 2.45) is 0 Å². The van der Waals surface area contributed by atoms with Gasteiger partial charge in [-0.2, -0.15) is 0 Å². The second-order valence-corrected chi connectivity index (χ2v) is 9.35. The third kappa shape index (κ3) is 3.38. The van der Waals surface area contributed by atoms with E-state index < -0.39 is 10.0 Å². The van der Waals surface area contributed by atoms with Gasteiger partial charge in [0, 0.05) is 0 Å². The molecule has 0 radical (unpaired) electrons. The molecule has 0 bridgehead atoms. The van der Waals surface area contributed by atoms with Crippen molar-refractivity contribution in [3.8, 4) is 0 Å². The highest BCUT2D eigenvalue weighted by Gasteiger charge is 2.38. The lowest BCUT2D eigenvalue weighted by atomic mass is 10.0. The zero-order chi connectivity index (χ0) is 18.0. The van der Waals surface area contributed by atoms with Crippen molar-refractivity contribution in [3.63, 3.8) is 0 Å². The molecule has 0 spiro atoms. The molecule has 2 heterocycles. The molecule has 2 aliphatic rings. The van der Waals surface area contributed by atoms with E-state index in [-0.39, 0.29) is 5.25 Å². The van der Waals surface area contributed by atoms with Crippen molar-refractivity contribution in [1.29, 1.82) is 0 Å². The summed E-state index contributed by atoms with van der Waals surface area (Å²) in [4.78, 5) is 2.46. The summed E-state index contributed by atoms with van der Waals surface area (Å²) in [5.74, 6) is 0. The van der Waals surface area contributed by atoms with Crippen LogP contribution in [-0.2, 0) is 16.4 Å². The normalized spacial score (nSPS) is 22.3. The second-order valence-electron chi connectivity index (χ2n) is 7.29. The molecule has 4 rings (SSSR count). The van der Waals surface area contributed by atoms with Gasteiger partial charge in [-0.05, 0) is 75.5 Å². The van der Waals surface area contributed by atoms with Crippen LogP contribution in [0, 0.1) is 0 Å². The number of hydrogen-bond acceptors (Lipinski definition) is 3. The molecule has 0 aromatic heterocycles. The number of nitrogens with zero attached hydrogens (tertiary/aromatic N) is 2. The maximum atomic E-state index is 13.4. The molecule has 5 heteroatoms. The van der Waals surface area contributed by atoms with E-state index in [0.717, 1.165) is 49.4 Å². The summed E-state index contributed by atoms with van der Waals surface area (Å²) in [6.07, 6.45) is 4.82. The lowest BCUT2D eigenvalue weighted by Crippen LogP contribution is -2.41. The molecule has 0 saturated carbocycles. The first-order chi connectivity index (χ1) is 12.7. The summed E-state index contributed by atoms with van der Waals surface area (Å²) < 4.78 is 28.4. The van der Waals surface area contributed by atoms with Gasteiger partial charge in [0.15, 0.2) is 0 Å². The Hall–Kier alpha value is -1.85. The monoisotopic (exact) mass is 370 g/mol. The number of para-hydroxylation sites is 2. The van der Waals surface area contributed by atoms with Gasteiger partial charge in [-0.1, -0.05) is 36.4 Å². The van der Waals surface area contributed by atoms with Crippen LogP contribution in [0.25, 0.3) is 0 Å². The number of likely N-dealkylation sites (tertiary alicyclic amines) is 1. The predicted octanol–water partition coefficient (Wildman–Crippen LogP) is 3.96. The van der Waals surface area contributed by atoms with E-state index in [0.29, 0.717) is 6.42 Å². The average molecular weight is 371 g/mol. The topological polar surface area (TPSA) is 40.6 Å². The molecule has 2 aromatic carbocycles. The smallest absolute Gasteiger partial charge is 0.242 e. The first-order valence-electron chi connectivity index (χ1n) is 9.56. The number of anilines is 2. The van der Waals surface area contributed by atoms with E-state index in [9.17, 15) is 8.42 Å². The Morgan fingerprint density at radius 3 is 2.38 bits per heavy atom. The van der Waals surface area contributed by atoms with Gasteiger partial charge in [-0.15, -0.1) is 0 Å². The zero-order valence-electron chi connectivity index (χ0n) is 15.0. The molecule has 0 N–H and O–H groups in total. The van der Waals surface area contributed by atoms with Gasteiger partial charge in [-0.3, -0.25) is 0 Å². The SMILES string of the molecule is O=S1(=O)C(CCCN2CCCC2)Cc2ccccc2N1c1ccccc1. The Balaban J connectivity index is 1.60. The highest BCUT2D eigenvalue weighted by Crippen LogP contribution is 2.39. The van der Waals surface area contributed by atoms with Gasteiger partial charge in [0.2, 0.25) is 10.0 Å². The third-order valence-electron chi connectivity index (χ3n) is 5.52. The number of fused-ring (bicyclic) bond motifs is 1. The van der Waals surface area contributed by atoms with Crippen molar-refractivity contribution in [1.82, 2.24) is 4.90 Å². The Morgan fingerprint density at radius 2 is 1.62 bits per heavy atom. The van der Waals surface area contributed by atoms with E-state index in [1.807, 2.05) is 48.5 Å². The number of benzene rings is 2. The van der Waals surface area contributed by atoms with Crippen molar-refractivity contribution < 1.29 is 8.42 Å². The van der Waals surface area contributed by atoms with Crippen molar-refractivity contribution in [3.05, 3.63) is 60.2 Å². The first kappa shape index (κ1) is 17.6. The van der Waals surface area contributed by atoms with Crippen LogP contribution >= 0.6 is 0 Å². The molecule has 4 nitrogen and oxygen atoms in total. The maximum Gasteiger partial charge on any atom is 0.242 e. The van der Waals surface area contributed by atoms with Crippen LogP contribution in [0.5, 0.6) is 0 Å². The number of hydrogen-bond donors (Lipinski definition) is 0. The van der Waals surface area contributed by atoms with E-state index in [1.165, 1.54) is 12.8 Å². The fourth-order valence-electron chi connectivity index (χ4n) is 4.17. The lowest BCUT2D eigenvalue weighted by Gasteiger charge is -2.35. The largest absolute Gasteiger partial charge is 0.303 e. The van der Waals surface area contributed by atoms with Gasteiger partial charge in [0.1, 0.15) is 0 Å². The molecular weight excluding hydrogens is 344 g/mol. The fraction of sp³-hybridized carbons (Fsp3) is 0.429. The van der Waals surface area contributed by atoms with E-state index in [4.69, 9.17) is 0 Å². The minimum Gasteiger partial charge on any atom is -0.303 e. The van der Waals surface area contributed by atoms with Crippen LogP contribution in [0.4, 0.5) is 11.4 Å². The van der Waals surface area contributed by atoms with Crippen LogP contribution in [0.2, 0.25) is 0 Å². The van der Waals surface area contributed by atoms with Crippen LogP contribution in [0.1, 0.15) is 31.2 Å². The van der Waals surface area contributed by atoms with Crippen LogP contribution < -0.4 is 4.31 Å². The van der Waals surface area contributed by atoms with Crippen molar-refractivity contribution >= 4 is 21.4 Å². The van der Waals surface area contributed by atoms with Gasteiger partial charge in [-0.25, -0.2) is 12.7 Å². The van der Waals surface area contributed by atoms with E-state index in [2.05, 4.69) is 11.0 Å². The second kappa shape index (κ2) is 7.41. The van der Waals surface area contributed by atoms with E-state index >= 15 is 0 Å². The molecule has 1 saturated heterocycles. The highest BCUT2D eigenvalue weighted by molar-refractivity contribution is 7.93. The summed E-state index contributed by atoms with van der Waals surface area (Å²) >= 11 is 0. The minimum atomic E-state index is -3.41. The molecule has 1 atom stereocenters. The Bertz CT molecular complexity index is 845. The minimum absolute atomic E-state index is 0.347. The van der Waals surface area contributed by atoms with Crippen LogP contribution in [-0.4, -0.2) is 38.2 Å². The molecule has 2 aliphatic heterocycles. The molecule has 138 valence electrons. The van der Waals surface area contributed by atoms with Gasteiger partial charge in [0.05, 0.1) is 16.6 Å². The summed E-state index contributed by atoms with van der Waals surface area (Å²) in [6.45, 7) is 3.34. The maximum absolute atomic E-state index is 13.4. The molecule has 1 unspecified atom stereocenters. The predicted molar refractivity (Wildman–Crippen MR) is 106 cm³/mol. The molecule has 26 heavy (non-hydrogen) atoms. The molecule has 2 aromatic rings. The quantitative estimate of drug-likeness (QED) is 0.800. The Morgan fingerprint density at radius 1 is 0.923 bits per heavy atom. The molecular formula is C21H26N2O2S. The summed E-state index contributed by atoms with van der Waals surface area (Å²) in [5.41, 5.74) is 2.65. The van der Waals surface area contributed by atoms with Crippen molar-refractivity contribution in [2.75, 3.05) is 23.9 Å². The highest BCUT2D eigenvalue weighted by atomic mass is 32.2. The zero-order valence-corrected chi connectivity index (χ0v) is 15.9. The molecule has 0 amide bonds. The molecule has 1 fully saturated rings. The summed E-state index contributed by atoms with van der Waals surface area (Å²) in [6, 6.07) is 17.4. The van der Waals surface area contributed by atoms with Crippen LogP contribution in [0.3, 0.4) is 0 Å². The van der Waals surface area contributed by atoms with E-state index in [1.54, 1.807) is 4.31 Å². The lowest BCUT2D eigenvalue weighted by molar-refractivity contribution is 0.328. The van der Waals surface area contributed by atoms with Crippen LogP contribution in [0.15, 0.2) is 54.6 Å². The average Bonchev–Trinajstić information content (AvgIpc) is 3.16. The Labute approximate surface area is 156 Å². The van der Waals surface area contributed by atoms with Crippen molar-refractivity contribution in [2.45, 2.75) is 37.4 Å². The molecule has 0 aliphatic carbocycles. The standard InChI is InChI=1S/C21H26N2O2S/c24-26(25)20(12-8-16-22-14-6-7-15-22)17-18-9-4-5-13-21(18)23(26)19-10-2-1-3-11-19/h1-5,9-11,13,20H,6-8,12,14-17H2. The summed E-state index contributed by atoms with van der Waals surface area (Å²) in [5, 5.41) is -0.347. The fourth-order valence-corrected chi connectivity index (χ4v) is 6.19. The summed E-state index contributed by atoms with van der Waals surface area (Å²) in [7, 11) is -3.41. The van der Waals surface area contributed by atoms with Gasteiger partial charge < -0.3 is 4.90 Å². The number of sulfonamides is 1.